The molecular weight excluding hydrogens is 330 g/mol. The highest BCUT2D eigenvalue weighted by Crippen LogP contribution is 2.36. The zero-order chi connectivity index (χ0) is 15.0. The summed E-state index contributed by atoms with van der Waals surface area (Å²) in [4.78, 5) is 8.01. The Morgan fingerprint density at radius 3 is 2.57 bits per heavy atom. The standard InChI is InChI=1S/C15H10BrN5/c16-12-9-4-2-1-3-8(9)5-6-10(12)13-11(7-17)14(18)21-15(19)20-13/h1-6H,(H4,18,19,20,21). The van der Waals surface area contributed by atoms with E-state index in [9.17, 15) is 5.26 Å². The smallest absolute Gasteiger partial charge is 0.222 e. The number of nitrogen functional groups attached to an aromatic ring is 2. The molecule has 102 valence electrons. The van der Waals surface area contributed by atoms with Gasteiger partial charge in [-0.15, -0.1) is 0 Å². The Balaban J connectivity index is 2.36. The predicted octanol–water partition coefficient (Wildman–Crippen LogP) is 3.10. The topological polar surface area (TPSA) is 102 Å². The summed E-state index contributed by atoms with van der Waals surface area (Å²) in [7, 11) is 0. The maximum Gasteiger partial charge on any atom is 0.222 e. The third kappa shape index (κ3) is 2.18. The van der Waals surface area contributed by atoms with Gasteiger partial charge in [-0.2, -0.15) is 10.2 Å². The van der Waals surface area contributed by atoms with Crippen LogP contribution >= 0.6 is 15.9 Å². The highest BCUT2D eigenvalue weighted by Gasteiger charge is 2.16. The van der Waals surface area contributed by atoms with Crippen molar-refractivity contribution < 1.29 is 0 Å². The van der Waals surface area contributed by atoms with Crippen LogP contribution in [-0.4, -0.2) is 9.97 Å². The number of nitrogens with zero attached hydrogens (tertiary/aromatic N) is 3. The van der Waals surface area contributed by atoms with Crippen LogP contribution in [0.25, 0.3) is 22.0 Å². The maximum atomic E-state index is 9.29. The second-order valence-electron chi connectivity index (χ2n) is 4.45. The maximum absolute atomic E-state index is 9.29. The molecule has 0 saturated heterocycles. The summed E-state index contributed by atoms with van der Waals surface area (Å²) in [6.07, 6.45) is 0. The molecule has 0 atom stereocenters. The van der Waals surface area contributed by atoms with Gasteiger partial charge in [0.2, 0.25) is 5.95 Å². The lowest BCUT2D eigenvalue weighted by Crippen LogP contribution is -2.05. The van der Waals surface area contributed by atoms with Crippen molar-refractivity contribution in [3.8, 4) is 17.3 Å². The molecular formula is C15H10BrN5. The number of nitriles is 1. The fourth-order valence-corrected chi connectivity index (χ4v) is 2.90. The molecule has 0 aliphatic rings. The first kappa shape index (κ1) is 13.3. The monoisotopic (exact) mass is 339 g/mol. The number of hydrogen-bond donors (Lipinski definition) is 2. The zero-order valence-electron chi connectivity index (χ0n) is 10.8. The Bertz CT molecular complexity index is 898. The van der Waals surface area contributed by atoms with Crippen LogP contribution in [0.3, 0.4) is 0 Å². The van der Waals surface area contributed by atoms with Crippen molar-refractivity contribution in [1.29, 1.82) is 5.26 Å². The zero-order valence-corrected chi connectivity index (χ0v) is 12.4. The van der Waals surface area contributed by atoms with Crippen molar-refractivity contribution in [1.82, 2.24) is 9.97 Å². The number of halogens is 1. The van der Waals surface area contributed by atoms with E-state index in [0.29, 0.717) is 5.69 Å². The number of benzene rings is 2. The van der Waals surface area contributed by atoms with Gasteiger partial charge in [0.25, 0.3) is 0 Å². The molecule has 3 aromatic rings. The van der Waals surface area contributed by atoms with Gasteiger partial charge >= 0.3 is 0 Å². The number of fused-ring (bicyclic) bond motifs is 1. The van der Waals surface area contributed by atoms with E-state index in [1.807, 2.05) is 42.5 Å². The molecule has 0 unspecified atom stereocenters. The third-order valence-corrected chi connectivity index (χ3v) is 4.04. The molecule has 0 radical (unpaired) electrons. The molecule has 0 aliphatic heterocycles. The lowest BCUT2D eigenvalue weighted by atomic mass is 10.0. The molecule has 0 saturated carbocycles. The molecule has 0 spiro atoms. The molecule has 5 nitrogen and oxygen atoms in total. The van der Waals surface area contributed by atoms with E-state index in [4.69, 9.17) is 11.5 Å². The second kappa shape index (κ2) is 5.04. The number of anilines is 2. The normalized spacial score (nSPS) is 10.5. The largest absolute Gasteiger partial charge is 0.382 e. The minimum absolute atomic E-state index is 0.0431. The summed E-state index contributed by atoms with van der Waals surface area (Å²) in [5.74, 6) is 0.126. The van der Waals surface area contributed by atoms with E-state index >= 15 is 0 Å². The Morgan fingerprint density at radius 1 is 1.05 bits per heavy atom. The summed E-state index contributed by atoms with van der Waals surface area (Å²) >= 11 is 3.58. The van der Waals surface area contributed by atoms with E-state index in [0.717, 1.165) is 20.8 Å². The van der Waals surface area contributed by atoms with Crippen molar-refractivity contribution in [2.45, 2.75) is 0 Å². The number of nitrogens with two attached hydrogens (primary N) is 2. The van der Waals surface area contributed by atoms with Crippen LogP contribution < -0.4 is 11.5 Å². The lowest BCUT2D eigenvalue weighted by Gasteiger charge is -2.10. The molecule has 6 heteroatoms. The van der Waals surface area contributed by atoms with Gasteiger partial charge in [0, 0.05) is 10.0 Å². The van der Waals surface area contributed by atoms with Crippen LogP contribution in [0.5, 0.6) is 0 Å². The van der Waals surface area contributed by atoms with Crippen molar-refractivity contribution >= 4 is 38.5 Å². The Kier molecular flexibility index (Phi) is 3.20. The van der Waals surface area contributed by atoms with E-state index in [2.05, 4.69) is 25.9 Å². The highest BCUT2D eigenvalue weighted by molar-refractivity contribution is 9.10. The molecule has 1 aromatic heterocycles. The quantitative estimate of drug-likeness (QED) is 0.709. The van der Waals surface area contributed by atoms with Crippen LogP contribution in [0.4, 0.5) is 11.8 Å². The minimum atomic E-state index is 0.0431. The second-order valence-corrected chi connectivity index (χ2v) is 5.24. The molecule has 1 heterocycles. The van der Waals surface area contributed by atoms with E-state index in [1.54, 1.807) is 0 Å². The third-order valence-electron chi connectivity index (χ3n) is 3.18. The molecule has 21 heavy (non-hydrogen) atoms. The van der Waals surface area contributed by atoms with Crippen molar-refractivity contribution in [2.75, 3.05) is 11.5 Å². The van der Waals surface area contributed by atoms with Gasteiger partial charge in [-0.3, -0.25) is 0 Å². The van der Waals surface area contributed by atoms with Crippen molar-refractivity contribution in [3.63, 3.8) is 0 Å². The molecule has 2 aromatic carbocycles. The predicted molar refractivity (Wildman–Crippen MR) is 86.2 cm³/mol. The molecule has 4 N–H and O–H groups in total. The molecule has 3 rings (SSSR count). The van der Waals surface area contributed by atoms with E-state index in [-0.39, 0.29) is 17.3 Å². The first-order chi connectivity index (χ1) is 10.1. The summed E-state index contributed by atoms with van der Waals surface area (Å²) in [5.41, 5.74) is 12.8. The Hall–Kier alpha value is -2.65. The molecule has 0 bridgehead atoms. The van der Waals surface area contributed by atoms with Gasteiger partial charge < -0.3 is 11.5 Å². The molecule has 0 fully saturated rings. The van der Waals surface area contributed by atoms with Gasteiger partial charge in [-0.1, -0.05) is 36.4 Å². The van der Waals surface area contributed by atoms with Gasteiger partial charge in [0.1, 0.15) is 17.5 Å². The van der Waals surface area contributed by atoms with E-state index in [1.165, 1.54) is 0 Å². The highest BCUT2D eigenvalue weighted by atomic mass is 79.9. The average molecular weight is 340 g/mol. The lowest BCUT2D eigenvalue weighted by molar-refractivity contribution is 1.18. The number of aromatic nitrogens is 2. The Morgan fingerprint density at radius 2 is 1.81 bits per heavy atom. The van der Waals surface area contributed by atoms with Gasteiger partial charge in [-0.05, 0) is 26.7 Å². The van der Waals surface area contributed by atoms with Crippen LogP contribution in [0.2, 0.25) is 0 Å². The SMILES string of the molecule is N#Cc1c(N)nc(N)nc1-c1ccc2ccccc2c1Br. The van der Waals surface area contributed by atoms with Crippen LogP contribution in [0.1, 0.15) is 5.56 Å². The van der Waals surface area contributed by atoms with Crippen LogP contribution in [-0.2, 0) is 0 Å². The summed E-state index contributed by atoms with van der Waals surface area (Å²) in [6, 6.07) is 13.8. The van der Waals surface area contributed by atoms with Gasteiger partial charge in [-0.25, -0.2) is 4.98 Å². The molecule has 0 aliphatic carbocycles. The Labute approximate surface area is 129 Å². The van der Waals surface area contributed by atoms with Crippen molar-refractivity contribution in [2.24, 2.45) is 0 Å². The van der Waals surface area contributed by atoms with Gasteiger partial charge in [0.05, 0.1) is 5.69 Å². The van der Waals surface area contributed by atoms with Crippen LogP contribution in [0.15, 0.2) is 40.9 Å². The number of hydrogen-bond acceptors (Lipinski definition) is 5. The summed E-state index contributed by atoms with van der Waals surface area (Å²) < 4.78 is 0.842. The summed E-state index contributed by atoms with van der Waals surface area (Å²) in [6.45, 7) is 0. The van der Waals surface area contributed by atoms with Crippen molar-refractivity contribution in [3.05, 3.63) is 46.4 Å². The number of rotatable bonds is 1. The summed E-state index contributed by atoms with van der Waals surface area (Å²) in [5, 5.41) is 11.4. The fraction of sp³-hybridized carbons (Fsp3) is 0. The average Bonchev–Trinajstić information content (AvgIpc) is 2.47. The van der Waals surface area contributed by atoms with Gasteiger partial charge in [0.15, 0.2) is 0 Å². The molecule has 0 amide bonds. The van der Waals surface area contributed by atoms with E-state index < -0.39 is 0 Å². The van der Waals surface area contributed by atoms with Crippen LogP contribution in [0, 0.1) is 11.3 Å². The fourth-order valence-electron chi connectivity index (χ4n) is 2.22. The first-order valence-electron chi connectivity index (χ1n) is 6.12. The first-order valence-corrected chi connectivity index (χ1v) is 6.92. The minimum Gasteiger partial charge on any atom is -0.382 e.